The van der Waals surface area contributed by atoms with Crippen molar-refractivity contribution in [3.63, 3.8) is 0 Å². The second kappa shape index (κ2) is 5.99. The number of halogens is 3. The molecule has 6 heteroatoms. The van der Waals surface area contributed by atoms with Gasteiger partial charge in [0, 0.05) is 20.2 Å². The summed E-state index contributed by atoms with van der Waals surface area (Å²) in [6.45, 7) is 0. The fourth-order valence-corrected chi connectivity index (χ4v) is 2.48. The lowest BCUT2D eigenvalue weighted by Crippen LogP contribution is -2.07. The minimum absolute atomic E-state index is 0.430. The van der Waals surface area contributed by atoms with Crippen molar-refractivity contribution in [1.29, 1.82) is 0 Å². The smallest absolute Gasteiger partial charge is 0.210 e. The number of nitrogens with zero attached hydrogens (tertiary/aromatic N) is 2. The number of aliphatic imine (C=N–C) groups is 1. The molecule has 2 rings (SSSR count). The molecule has 2 aromatic rings. The lowest BCUT2D eigenvalue weighted by atomic mass is 10.3. The van der Waals surface area contributed by atoms with Gasteiger partial charge in [0.2, 0.25) is 5.88 Å². The van der Waals surface area contributed by atoms with Gasteiger partial charge in [-0.2, -0.15) is 0 Å². The Bertz CT molecular complexity index is 623. The van der Waals surface area contributed by atoms with Crippen molar-refractivity contribution in [2.24, 2.45) is 4.99 Å². The molecule has 19 heavy (non-hydrogen) atoms. The molecule has 1 heterocycles. The van der Waals surface area contributed by atoms with Gasteiger partial charge in [-0.15, -0.1) is 0 Å². The zero-order valence-electron chi connectivity index (χ0n) is 10.3. The standard InChI is InChI=1S/C13H11BrCl2N2O/c1-18(2)13-9(14)6-8(19-13)7-17-11-5-3-4-10(15)12(11)16/h3-7H,1-2H3. The Morgan fingerprint density at radius 1 is 1.32 bits per heavy atom. The third-order valence-electron chi connectivity index (χ3n) is 2.36. The molecule has 0 saturated heterocycles. The maximum atomic E-state index is 6.05. The molecule has 0 amide bonds. The van der Waals surface area contributed by atoms with Gasteiger partial charge in [0.25, 0.3) is 0 Å². The van der Waals surface area contributed by atoms with Crippen molar-refractivity contribution >= 4 is 56.9 Å². The molecule has 0 fully saturated rings. The van der Waals surface area contributed by atoms with Crippen molar-refractivity contribution in [3.05, 3.63) is 44.5 Å². The summed E-state index contributed by atoms with van der Waals surface area (Å²) in [6.07, 6.45) is 1.61. The highest BCUT2D eigenvalue weighted by atomic mass is 79.9. The summed E-state index contributed by atoms with van der Waals surface area (Å²) in [4.78, 5) is 6.14. The molecule has 0 aliphatic rings. The van der Waals surface area contributed by atoms with Crippen LogP contribution in [0.15, 0.2) is 38.1 Å². The van der Waals surface area contributed by atoms with E-state index in [4.69, 9.17) is 27.6 Å². The first-order chi connectivity index (χ1) is 8.99. The summed E-state index contributed by atoms with van der Waals surface area (Å²) in [7, 11) is 3.80. The highest BCUT2D eigenvalue weighted by molar-refractivity contribution is 9.10. The first-order valence-corrected chi connectivity index (χ1v) is 6.98. The van der Waals surface area contributed by atoms with Gasteiger partial charge in [-0.3, -0.25) is 4.99 Å². The first-order valence-electron chi connectivity index (χ1n) is 5.44. The van der Waals surface area contributed by atoms with Crippen molar-refractivity contribution < 1.29 is 4.42 Å². The van der Waals surface area contributed by atoms with Crippen molar-refractivity contribution in [2.45, 2.75) is 0 Å². The molecule has 100 valence electrons. The van der Waals surface area contributed by atoms with Crippen molar-refractivity contribution in [2.75, 3.05) is 19.0 Å². The van der Waals surface area contributed by atoms with Crippen LogP contribution in [0, 0.1) is 0 Å². The van der Waals surface area contributed by atoms with Crippen LogP contribution in [-0.2, 0) is 0 Å². The predicted octanol–water partition coefficient (Wildman–Crippen LogP) is 5.17. The molecule has 0 unspecified atom stereocenters. The van der Waals surface area contributed by atoms with Crippen LogP contribution in [0.2, 0.25) is 10.0 Å². The fourth-order valence-electron chi connectivity index (χ4n) is 1.47. The number of hydrogen-bond donors (Lipinski definition) is 0. The fraction of sp³-hybridized carbons (Fsp3) is 0.154. The van der Waals surface area contributed by atoms with E-state index in [1.165, 1.54) is 0 Å². The Labute approximate surface area is 130 Å². The zero-order chi connectivity index (χ0) is 14.0. The minimum Gasteiger partial charge on any atom is -0.438 e. The van der Waals surface area contributed by atoms with Gasteiger partial charge in [-0.05, 0) is 28.1 Å². The Morgan fingerprint density at radius 3 is 2.68 bits per heavy atom. The average Bonchev–Trinajstić information content (AvgIpc) is 2.73. The van der Waals surface area contributed by atoms with Crippen LogP contribution in [-0.4, -0.2) is 20.3 Å². The molecule has 0 aliphatic carbocycles. The number of anilines is 1. The van der Waals surface area contributed by atoms with Crippen LogP contribution < -0.4 is 4.90 Å². The monoisotopic (exact) mass is 360 g/mol. The van der Waals surface area contributed by atoms with Crippen LogP contribution in [0.3, 0.4) is 0 Å². The van der Waals surface area contributed by atoms with Gasteiger partial charge in [0.05, 0.1) is 26.4 Å². The van der Waals surface area contributed by atoms with E-state index in [1.807, 2.05) is 25.1 Å². The van der Waals surface area contributed by atoms with E-state index in [-0.39, 0.29) is 0 Å². The van der Waals surface area contributed by atoms with Crippen LogP contribution in [0.25, 0.3) is 0 Å². The summed E-state index contributed by atoms with van der Waals surface area (Å²) < 4.78 is 6.49. The maximum absolute atomic E-state index is 6.05. The van der Waals surface area contributed by atoms with E-state index in [0.717, 1.165) is 10.4 Å². The third-order valence-corrected chi connectivity index (χ3v) is 3.73. The van der Waals surface area contributed by atoms with Crippen LogP contribution in [0.1, 0.15) is 5.76 Å². The number of benzene rings is 1. The van der Waals surface area contributed by atoms with E-state index in [2.05, 4.69) is 20.9 Å². The quantitative estimate of drug-likeness (QED) is 0.706. The van der Waals surface area contributed by atoms with Gasteiger partial charge >= 0.3 is 0 Å². The lowest BCUT2D eigenvalue weighted by molar-refractivity contribution is 0.557. The number of hydrogen-bond acceptors (Lipinski definition) is 3. The molecular weight excluding hydrogens is 351 g/mol. The second-order valence-electron chi connectivity index (χ2n) is 4.03. The molecule has 1 aromatic carbocycles. The second-order valence-corrected chi connectivity index (χ2v) is 5.67. The van der Waals surface area contributed by atoms with E-state index in [9.17, 15) is 0 Å². The van der Waals surface area contributed by atoms with E-state index < -0.39 is 0 Å². The van der Waals surface area contributed by atoms with Crippen molar-refractivity contribution in [1.82, 2.24) is 0 Å². The van der Waals surface area contributed by atoms with E-state index in [1.54, 1.807) is 24.4 Å². The summed E-state index contributed by atoms with van der Waals surface area (Å²) >= 11 is 15.4. The Kier molecular flexibility index (Phi) is 4.55. The SMILES string of the molecule is CN(C)c1oc(C=Nc2cccc(Cl)c2Cl)cc1Br. The normalized spacial score (nSPS) is 11.2. The lowest BCUT2D eigenvalue weighted by Gasteiger charge is -2.07. The summed E-state index contributed by atoms with van der Waals surface area (Å²) in [6, 6.07) is 7.15. The summed E-state index contributed by atoms with van der Waals surface area (Å²) in [5.74, 6) is 1.37. The molecule has 1 aromatic heterocycles. The van der Waals surface area contributed by atoms with Gasteiger partial charge < -0.3 is 9.32 Å². The average molecular weight is 362 g/mol. The number of furan rings is 1. The highest BCUT2D eigenvalue weighted by Crippen LogP contribution is 2.32. The molecule has 0 N–H and O–H groups in total. The highest BCUT2D eigenvalue weighted by Gasteiger charge is 2.09. The third kappa shape index (κ3) is 3.32. The van der Waals surface area contributed by atoms with Gasteiger partial charge in [-0.1, -0.05) is 29.3 Å². The minimum atomic E-state index is 0.430. The molecular formula is C13H11BrCl2N2O. The van der Waals surface area contributed by atoms with E-state index in [0.29, 0.717) is 21.5 Å². The first kappa shape index (κ1) is 14.4. The van der Waals surface area contributed by atoms with E-state index >= 15 is 0 Å². The van der Waals surface area contributed by atoms with Gasteiger partial charge in [0.15, 0.2) is 0 Å². The maximum Gasteiger partial charge on any atom is 0.210 e. The molecule has 0 bridgehead atoms. The molecule has 0 atom stereocenters. The summed E-state index contributed by atoms with van der Waals surface area (Å²) in [5, 5.41) is 0.907. The molecule has 0 spiro atoms. The van der Waals surface area contributed by atoms with Gasteiger partial charge in [-0.25, -0.2) is 0 Å². The van der Waals surface area contributed by atoms with Gasteiger partial charge in [0.1, 0.15) is 5.76 Å². The molecule has 0 aliphatic heterocycles. The van der Waals surface area contributed by atoms with Crippen molar-refractivity contribution in [3.8, 4) is 0 Å². The Balaban J connectivity index is 2.28. The molecule has 0 radical (unpaired) electrons. The van der Waals surface area contributed by atoms with Crippen LogP contribution >= 0.6 is 39.1 Å². The predicted molar refractivity (Wildman–Crippen MR) is 84.5 cm³/mol. The molecule has 3 nitrogen and oxygen atoms in total. The topological polar surface area (TPSA) is 28.7 Å². The Hall–Kier alpha value is -0.970. The number of rotatable bonds is 3. The molecule has 0 saturated carbocycles. The zero-order valence-corrected chi connectivity index (χ0v) is 13.4. The Morgan fingerprint density at radius 2 is 2.05 bits per heavy atom. The summed E-state index contributed by atoms with van der Waals surface area (Å²) in [5.41, 5.74) is 0.605. The van der Waals surface area contributed by atoms with Crippen LogP contribution in [0.4, 0.5) is 11.6 Å². The largest absolute Gasteiger partial charge is 0.438 e. The van der Waals surface area contributed by atoms with Crippen LogP contribution in [0.5, 0.6) is 0 Å².